The molecule has 0 fully saturated rings. The second kappa shape index (κ2) is 8.72. The molecule has 8 heteroatoms. The molecular weight excluding hydrogens is 379 g/mol. The van der Waals surface area contributed by atoms with E-state index in [0.717, 1.165) is 0 Å². The zero-order valence-electron chi connectivity index (χ0n) is 16.1. The average molecular weight is 400 g/mol. The van der Waals surface area contributed by atoms with Crippen LogP contribution in [0, 0.1) is 5.82 Å². The minimum Gasteiger partial charge on any atom is -0.493 e. The fourth-order valence-corrected chi connectivity index (χ4v) is 3.25. The topological polar surface area (TPSA) is 88.4 Å². The lowest BCUT2D eigenvalue weighted by atomic mass is 9.97. The third-order valence-electron chi connectivity index (χ3n) is 4.70. The largest absolute Gasteiger partial charge is 0.493 e. The van der Waals surface area contributed by atoms with Crippen LogP contribution in [0.2, 0.25) is 0 Å². The van der Waals surface area contributed by atoms with Crippen LogP contribution in [0.5, 0.6) is 11.5 Å². The van der Waals surface area contributed by atoms with Gasteiger partial charge in [-0.05, 0) is 24.3 Å². The van der Waals surface area contributed by atoms with Crippen LogP contribution < -0.4 is 9.47 Å². The molecule has 7 nitrogen and oxygen atoms in total. The Morgan fingerprint density at radius 3 is 2.52 bits per heavy atom. The minimum absolute atomic E-state index is 0.219. The lowest BCUT2D eigenvalue weighted by molar-refractivity contribution is -0.141. The van der Waals surface area contributed by atoms with Crippen molar-refractivity contribution < 1.29 is 28.6 Å². The van der Waals surface area contributed by atoms with E-state index in [1.165, 1.54) is 25.3 Å². The summed E-state index contributed by atoms with van der Waals surface area (Å²) in [6.45, 7) is 0. The number of hydrogen-bond acceptors (Lipinski definition) is 5. The fraction of sp³-hybridized carbons (Fsp3) is 0.286. The maximum Gasteiger partial charge on any atom is 0.303 e. The number of hydrazone groups is 1. The molecule has 29 heavy (non-hydrogen) atoms. The summed E-state index contributed by atoms with van der Waals surface area (Å²) in [7, 11) is 3.05. The SMILES string of the molecule is COc1ccc(C2=NN(C(=O)CCC(=O)O)C(c3ccccc3F)C2)cc1OC. The van der Waals surface area contributed by atoms with Crippen molar-refractivity contribution in [3.05, 3.63) is 59.4 Å². The number of hydrogen-bond donors (Lipinski definition) is 1. The van der Waals surface area contributed by atoms with Gasteiger partial charge in [0.2, 0.25) is 5.91 Å². The van der Waals surface area contributed by atoms with Crippen molar-refractivity contribution >= 4 is 17.6 Å². The highest BCUT2D eigenvalue weighted by molar-refractivity contribution is 6.03. The summed E-state index contributed by atoms with van der Waals surface area (Å²) in [5, 5.41) is 14.5. The number of carbonyl (C=O) groups is 2. The molecule has 0 spiro atoms. The van der Waals surface area contributed by atoms with Gasteiger partial charge in [-0.1, -0.05) is 18.2 Å². The van der Waals surface area contributed by atoms with Crippen LogP contribution in [0.25, 0.3) is 0 Å². The van der Waals surface area contributed by atoms with Crippen LogP contribution in [0.3, 0.4) is 0 Å². The monoisotopic (exact) mass is 400 g/mol. The summed E-state index contributed by atoms with van der Waals surface area (Å²) >= 11 is 0. The van der Waals surface area contributed by atoms with Gasteiger partial charge in [0.15, 0.2) is 11.5 Å². The summed E-state index contributed by atoms with van der Waals surface area (Å²) in [6.07, 6.45) is -0.251. The molecule has 0 aliphatic carbocycles. The summed E-state index contributed by atoms with van der Waals surface area (Å²) in [5.74, 6) is -0.946. The Bertz CT molecular complexity index is 960. The molecule has 1 N–H and O–H groups in total. The summed E-state index contributed by atoms with van der Waals surface area (Å²) in [6, 6.07) is 10.8. The first-order valence-electron chi connectivity index (χ1n) is 9.02. The van der Waals surface area contributed by atoms with Crippen LogP contribution in [0.1, 0.15) is 36.4 Å². The van der Waals surface area contributed by atoms with E-state index in [2.05, 4.69) is 5.10 Å². The molecule has 1 atom stereocenters. The van der Waals surface area contributed by atoms with Gasteiger partial charge in [-0.15, -0.1) is 0 Å². The third-order valence-corrected chi connectivity index (χ3v) is 4.70. The van der Waals surface area contributed by atoms with Gasteiger partial charge in [0.05, 0.1) is 32.4 Å². The lowest BCUT2D eigenvalue weighted by Crippen LogP contribution is -2.28. The average Bonchev–Trinajstić information content (AvgIpc) is 3.17. The molecule has 0 bridgehead atoms. The molecule has 0 saturated carbocycles. The van der Waals surface area contributed by atoms with Gasteiger partial charge in [0, 0.05) is 24.0 Å². The van der Waals surface area contributed by atoms with Crippen molar-refractivity contribution in [1.29, 1.82) is 0 Å². The predicted octanol–water partition coefficient (Wildman–Crippen LogP) is 3.39. The maximum atomic E-state index is 14.4. The quantitative estimate of drug-likeness (QED) is 0.770. The first-order valence-corrected chi connectivity index (χ1v) is 9.02. The van der Waals surface area contributed by atoms with E-state index >= 15 is 0 Å². The molecule has 1 unspecified atom stereocenters. The van der Waals surface area contributed by atoms with Gasteiger partial charge in [0.1, 0.15) is 5.82 Å². The van der Waals surface area contributed by atoms with E-state index < -0.39 is 23.7 Å². The molecule has 1 amide bonds. The summed E-state index contributed by atoms with van der Waals surface area (Å²) in [5.41, 5.74) is 1.61. The standard InChI is InChI=1S/C21H21FN2O5/c1-28-18-8-7-13(11-19(18)29-2)16-12-17(14-5-3-4-6-15(14)22)24(23-16)20(25)9-10-21(26)27/h3-8,11,17H,9-10,12H2,1-2H3,(H,26,27). The number of carboxylic acids is 1. The van der Waals surface area contributed by atoms with E-state index in [1.807, 2.05) is 0 Å². The maximum absolute atomic E-state index is 14.4. The smallest absolute Gasteiger partial charge is 0.303 e. The second-order valence-corrected chi connectivity index (χ2v) is 6.49. The van der Waals surface area contributed by atoms with Crippen LogP contribution >= 0.6 is 0 Å². The van der Waals surface area contributed by atoms with Gasteiger partial charge < -0.3 is 14.6 Å². The zero-order chi connectivity index (χ0) is 21.0. The number of halogens is 1. The van der Waals surface area contributed by atoms with E-state index in [1.54, 1.807) is 36.4 Å². The van der Waals surface area contributed by atoms with Gasteiger partial charge in [-0.2, -0.15) is 5.10 Å². The normalized spacial score (nSPS) is 15.8. The second-order valence-electron chi connectivity index (χ2n) is 6.49. The Balaban J connectivity index is 1.96. The van der Waals surface area contributed by atoms with Crippen LogP contribution in [0.15, 0.2) is 47.6 Å². The Hall–Kier alpha value is -3.42. The molecular formula is C21H21FN2O5. The van der Waals surface area contributed by atoms with Crippen LogP contribution in [-0.4, -0.2) is 41.9 Å². The lowest BCUT2D eigenvalue weighted by Gasteiger charge is -2.22. The summed E-state index contributed by atoms with van der Waals surface area (Å²) < 4.78 is 25.0. The highest BCUT2D eigenvalue weighted by Crippen LogP contribution is 2.36. The van der Waals surface area contributed by atoms with Crippen molar-refractivity contribution in [2.24, 2.45) is 5.10 Å². The molecule has 2 aromatic rings. The number of amides is 1. The number of methoxy groups -OCH3 is 2. The summed E-state index contributed by atoms with van der Waals surface area (Å²) in [4.78, 5) is 23.5. The number of nitrogens with zero attached hydrogens (tertiary/aromatic N) is 2. The number of carboxylic acid groups (broad SMARTS) is 1. The third kappa shape index (κ3) is 4.37. The molecule has 0 radical (unpaired) electrons. The molecule has 2 aromatic carbocycles. The van der Waals surface area contributed by atoms with Crippen molar-refractivity contribution in [2.75, 3.05) is 14.2 Å². The number of aliphatic carboxylic acids is 1. The zero-order valence-corrected chi connectivity index (χ0v) is 16.1. The van der Waals surface area contributed by atoms with Crippen LogP contribution in [0.4, 0.5) is 4.39 Å². The molecule has 3 rings (SSSR count). The minimum atomic E-state index is -1.08. The Morgan fingerprint density at radius 2 is 1.86 bits per heavy atom. The first kappa shape index (κ1) is 20.3. The molecule has 1 heterocycles. The Morgan fingerprint density at radius 1 is 1.14 bits per heavy atom. The van der Waals surface area contributed by atoms with Gasteiger partial charge in [0.25, 0.3) is 0 Å². The van der Waals surface area contributed by atoms with Crippen molar-refractivity contribution in [1.82, 2.24) is 5.01 Å². The van der Waals surface area contributed by atoms with Gasteiger partial charge in [-0.25, -0.2) is 9.40 Å². The predicted molar refractivity (Wildman–Crippen MR) is 104 cm³/mol. The van der Waals surface area contributed by atoms with E-state index in [4.69, 9.17) is 14.6 Å². The Kier molecular flexibility index (Phi) is 6.11. The number of rotatable bonds is 7. The van der Waals surface area contributed by atoms with E-state index in [-0.39, 0.29) is 19.3 Å². The molecule has 1 aliphatic heterocycles. The fourth-order valence-electron chi connectivity index (χ4n) is 3.25. The molecule has 152 valence electrons. The van der Waals surface area contributed by atoms with Gasteiger partial charge in [-0.3, -0.25) is 9.59 Å². The van der Waals surface area contributed by atoms with Crippen molar-refractivity contribution in [2.45, 2.75) is 25.3 Å². The van der Waals surface area contributed by atoms with E-state index in [9.17, 15) is 14.0 Å². The number of carbonyl (C=O) groups excluding carboxylic acids is 1. The highest BCUT2D eigenvalue weighted by atomic mass is 19.1. The first-order chi connectivity index (χ1) is 13.9. The molecule has 1 aliphatic rings. The highest BCUT2D eigenvalue weighted by Gasteiger charge is 2.34. The number of ether oxygens (including phenoxy) is 2. The molecule has 0 saturated heterocycles. The number of benzene rings is 2. The van der Waals surface area contributed by atoms with Gasteiger partial charge >= 0.3 is 5.97 Å². The Labute approximate surface area is 167 Å². The van der Waals surface area contributed by atoms with Crippen LogP contribution in [-0.2, 0) is 9.59 Å². The van der Waals surface area contributed by atoms with Crippen molar-refractivity contribution in [3.8, 4) is 11.5 Å². The van der Waals surface area contributed by atoms with Crippen molar-refractivity contribution in [3.63, 3.8) is 0 Å². The molecule has 0 aromatic heterocycles. The van der Waals surface area contributed by atoms with E-state index in [0.29, 0.717) is 28.3 Å².